The Morgan fingerprint density at radius 2 is 1.52 bits per heavy atom. The van der Waals surface area contributed by atoms with Crippen LogP contribution < -0.4 is 0 Å². The standard InChI is InChI=1S/C19H27BrO/c1-3-5-10-16(18(20)13-6-4-2)14-15-19(21)17-11-8-7-9-12-17/h7-9,11-12H,3-6,10,13-15H2,1-2H3/b18-16-. The lowest BCUT2D eigenvalue weighted by molar-refractivity contribution is 0.0982. The Morgan fingerprint density at radius 3 is 2.14 bits per heavy atom. The quantitative estimate of drug-likeness (QED) is 0.430. The maximum atomic E-state index is 12.2. The Balaban J connectivity index is 2.62. The van der Waals surface area contributed by atoms with Gasteiger partial charge in [0.05, 0.1) is 0 Å². The third kappa shape index (κ3) is 7.08. The summed E-state index contributed by atoms with van der Waals surface area (Å²) in [5, 5.41) is 0. The normalized spacial score (nSPS) is 12.1. The first kappa shape index (κ1) is 18.2. The van der Waals surface area contributed by atoms with Gasteiger partial charge in [-0.15, -0.1) is 0 Å². The van der Waals surface area contributed by atoms with Gasteiger partial charge in [0.15, 0.2) is 5.78 Å². The molecule has 1 nitrogen and oxygen atoms in total. The van der Waals surface area contributed by atoms with Gasteiger partial charge in [0.25, 0.3) is 0 Å². The number of unbranched alkanes of at least 4 members (excludes halogenated alkanes) is 2. The lowest BCUT2D eigenvalue weighted by Gasteiger charge is -2.11. The molecule has 1 aromatic rings. The molecule has 0 atom stereocenters. The minimum atomic E-state index is 0.250. The van der Waals surface area contributed by atoms with E-state index in [4.69, 9.17) is 0 Å². The molecule has 0 aliphatic heterocycles. The van der Waals surface area contributed by atoms with Crippen LogP contribution in [0.25, 0.3) is 0 Å². The zero-order valence-electron chi connectivity index (χ0n) is 13.3. The van der Waals surface area contributed by atoms with Crippen LogP contribution in [0.4, 0.5) is 0 Å². The van der Waals surface area contributed by atoms with Gasteiger partial charge >= 0.3 is 0 Å². The fraction of sp³-hybridized carbons (Fsp3) is 0.526. The molecule has 0 unspecified atom stereocenters. The molecule has 1 rings (SSSR count). The van der Waals surface area contributed by atoms with Crippen molar-refractivity contribution in [2.75, 3.05) is 0 Å². The van der Waals surface area contributed by atoms with Gasteiger partial charge in [-0.3, -0.25) is 4.79 Å². The number of rotatable bonds is 10. The van der Waals surface area contributed by atoms with Gasteiger partial charge in [0.2, 0.25) is 0 Å². The highest BCUT2D eigenvalue weighted by Crippen LogP contribution is 2.27. The SMILES string of the molecule is CCCC/C(Br)=C(\CCCC)CCC(=O)c1ccccc1. The van der Waals surface area contributed by atoms with E-state index in [-0.39, 0.29) is 5.78 Å². The molecule has 21 heavy (non-hydrogen) atoms. The summed E-state index contributed by atoms with van der Waals surface area (Å²) in [6, 6.07) is 9.62. The zero-order chi connectivity index (χ0) is 15.5. The van der Waals surface area contributed by atoms with Crippen molar-refractivity contribution in [3.05, 3.63) is 46.0 Å². The Morgan fingerprint density at radius 1 is 0.905 bits per heavy atom. The molecule has 2 heteroatoms. The molecular formula is C19H27BrO. The summed E-state index contributed by atoms with van der Waals surface area (Å²) in [5.74, 6) is 0.250. The van der Waals surface area contributed by atoms with E-state index < -0.39 is 0 Å². The molecule has 0 amide bonds. The first-order valence-corrected chi connectivity index (χ1v) is 8.93. The van der Waals surface area contributed by atoms with Crippen molar-refractivity contribution in [1.29, 1.82) is 0 Å². The highest BCUT2D eigenvalue weighted by Gasteiger charge is 2.09. The molecule has 0 fully saturated rings. The van der Waals surface area contributed by atoms with Crippen LogP contribution in [0.2, 0.25) is 0 Å². The summed E-state index contributed by atoms with van der Waals surface area (Å²) in [6.45, 7) is 4.43. The largest absolute Gasteiger partial charge is 0.294 e. The highest BCUT2D eigenvalue weighted by molar-refractivity contribution is 9.11. The summed E-state index contributed by atoms with van der Waals surface area (Å²) in [7, 11) is 0. The third-order valence-corrected chi connectivity index (χ3v) is 4.67. The molecule has 1 aromatic carbocycles. The molecule has 0 saturated heterocycles. The van der Waals surface area contributed by atoms with Crippen LogP contribution in [0.3, 0.4) is 0 Å². The third-order valence-electron chi connectivity index (χ3n) is 3.72. The van der Waals surface area contributed by atoms with Crippen LogP contribution in [0.15, 0.2) is 40.4 Å². The Hall–Kier alpha value is -0.890. The maximum absolute atomic E-state index is 12.2. The second-order valence-electron chi connectivity index (χ2n) is 5.50. The topological polar surface area (TPSA) is 17.1 Å². The van der Waals surface area contributed by atoms with Crippen LogP contribution in [0.1, 0.15) is 75.6 Å². The predicted molar refractivity (Wildman–Crippen MR) is 95.0 cm³/mol. The number of halogens is 1. The van der Waals surface area contributed by atoms with Crippen molar-refractivity contribution >= 4 is 21.7 Å². The number of benzene rings is 1. The molecule has 116 valence electrons. The van der Waals surface area contributed by atoms with E-state index in [2.05, 4.69) is 29.8 Å². The predicted octanol–water partition coefficient (Wildman–Crippen LogP) is 6.68. The smallest absolute Gasteiger partial charge is 0.163 e. The van der Waals surface area contributed by atoms with Crippen molar-refractivity contribution in [2.45, 2.75) is 65.2 Å². The number of hydrogen-bond acceptors (Lipinski definition) is 1. The van der Waals surface area contributed by atoms with Gasteiger partial charge in [-0.05, 0) is 36.6 Å². The second kappa shape index (κ2) is 10.8. The Labute approximate surface area is 138 Å². The lowest BCUT2D eigenvalue weighted by atomic mass is 9.98. The van der Waals surface area contributed by atoms with Crippen LogP contribution in [0, 0.1) is 0 Å². The van der Waals surface area contributed by atoms with Crippen molar-refractivity contribution in [3.8, 4) is 0 Å². The summed E-state index contributed by atoms with van der Waals surface area (Å²) in [6.07, 6.45) is 8.54. The molecule has 0 heterocycles. The van der Waals surface area contributed by atoms with Crippen molar-refractivity contribution in [2.24, 2.45) is 0 Å². The molecule has 0 radical (unpaired) electrons. The molecule has 0 aromatic heterocycles. The van der Waals surface area contributed by atoms with Gasteiger partial charge in [0, 0.05) is 12.0 Å². The maximum Gasteiger partial charge on any atom is 0.163 e. The summed E-state index contributed by atoms with van der Waals surface area (Å²) < 4.78 is 1.33. The highest BCUT2D eigenvalue weighted by atomic mass is 79.9. The van der Waals surface area contributed by atoms with E-state index in [1.807, 2.05) is 30.3 Å². The average molecular weight is 351 g/mol. The van der Waals surface area contributed by atoms with E-state index in [0.29, 0.717) is 6.42 Å². The van der Waals surface area contributed by atoms with Gasteiger partial charge in [-0.2, -0.15) is 0 Å². The molecular weight excluding hydrogens is 324 g/mol. The molecule has 0 aliphatic carbocycles. The first-order chi connectivity index (χ1) is 10.2. The summed E-state index contributed by atoms with van der Waals surface area (Å²) in [5.41, 5.74) is 2.27. The van der Waals surface area contributed by atoms with E-state index >= 15 is 0 Å². The van der Waals surface area contributed by atoms with E-state index in [1.165, 1.54) is 35.7 Å². The van der Waals surface area contributed by atoms with Crippen molar-refractivity contribution in [3.63, 3.8) is 0 Å². The van der Waals surface area contributed by atoms with E-state index in [1.54, 1.807) is 0 Å². The molecule has 0 aliphatic rings. The number of carbonyl (C=O) groups excluding carboxylic acids is 1. The number of carbonyl (C=O) groups is 1. The van der Waals surface area contributed by atoms with Gasteiger partial charge in [0.1, 0.15) is 0 Å². The molecule has 0 bridgehead atoms. The monoisotopic (exact) mass is 350 g/mol. The Bertz CT molecular complexity index is 448. The number of Topliss-reactive ketones (excluding diaryl/α,β-unsaturated/α-hetero) is 1. The van der Waals surface area contributed by atoms with Crippen LogP contribution in [0.5, 0.6) is 0 Å². The number of hydrogen-bond donors (Lipinski definition) is 0. The van der Waals surface area contributed by atoms with Crippen LogP contribution >= 0.6 is 15.9 Å². The van der Waals surface area contributed by atoms with Crippen molar-refractivity contribution in [1.82, 2.24) is 0 Å². The number of allylic oxidation sites excluding steroid dienone is 2. The van der Waals surface area contributed by atoms with E-state index in [9.17, 15) is 4.79 Å². The number of ketones is 1. The minimum absolute atomic E-state index is 0.250. The average Bonchev–Trinajstić information content (AvgIpc) is 2.53. The van der Waals surface area contributed by atoms with Gasteiger partial charge in [-0.25, -0.2) is 0 Å². The molecule has 0 N–H and O–H groups in total. The zero-order valence-corrected chi connectivity index (χ0v) is 14.9. The summed E-state index contributed by atoms with van der Waals surface area (Å²) >= 11 is 3.75. The van der Waals surface area contributed by atoms with Gasteiger partial charge in [-0.1, -0.05) is 78.5 Å². The lowest BCUT2D eigenvalue weighted by Crippen LogP contribution is -2.00. The summed E-state index contributed by atoms with van der Waals surface area (Å²) in [4.78, 5) is 12.2. The second-order valence-corrected chi connectivity index (χ2v) is 6.46. The fourth-order valence-electron chi connectivity index (χ4n) is 2.33. The first-order valence-electron chi connectivity index (χ1n) is 8.13. The fourth-order valence-corrected chi connectivity index (χ4v) is 3.00. The van der Waals surface area contributed by atoms with E-state index in [0.717, 1.165) is 24.8 Å². The minimum Gasteiger partial charge on any atom is -0.294 e. The van der Waals surface area contributed by atoms with Crippen LogP contribution in [-0.4, -0.2) is 5.78 Å². The Kier molecular flexibility index (Phi) is 9.32. The van der Waals surface area contributed by atoms with Crippen molar-refractivity contribution < 1.29 is 4.79 Å². The van der Waals surface area contributed by atoms with Crippen LogP contribution in [-0.2, 0) is 0 Å². The molecule has 0 spiro atoms. The molecule has 0 saturated carbocycles. The van der Waals surface area contributed by atoms with Gasteiger partial charge < -0.3 is 0 Å².